The van der Waals surface area contributed by atoms with Gasteiger partial charge in [0.15, 0.2) is 5.60 Å². The summed E-state index contributed by atoms with van der Waals surface area (Å²) in [5, 5.41) is 33.8. The van der Waals surface area contributed by atoms with Crippen molar-refractivity contribution in [3.63, 3.8) is 0 Å². The second-order valence-corrected chi connectivity index (χ2v) is 3.28. The van der Waals surface area contributed by atoms with Crippen molar-refractivity contribution in [2.45, 2.75) is 18.4 Å². The molecule has 0 spiro atoms. The summed E-state index contributed by atoms with van der Waals surface area (Å²) in [4.78, 5) is 52.2. The molecule has 0 unspecified atom stereocenters. The van der Waals surface area contributed by atoms with E-state index in [-0.39, 0.29) is 29.6 Å². The van der Waals surface area contributed by atoms with Crippen LogP contribution in [0.5, 0.6) is 0 Å². The number of carbonyl (C=O) groups is 3. The van der Waals surface area contributed by atoms with E-state index in [0.29, 0.717) is 0 Å². The monoisotopic (exact) mass is 298 g/mol. The Bertz CT molecular complexity index is 273. The average Bonchev–Trinajstić information content (AvgIpc) is 1.98. The fourth-order valence-corrected chi connectivity index (χ4v) is 0.714. The number of carboxylic acid groups (broad SMARTS) is 3. The molecule has 0 saturated carbocycles. The zero-order valence-corrected chi connectivity index (χ0v) is 9.11. The minimum atomic E-state index is -2.74. The van der Waals surface area contributed by atoms with E-state index in [2.05, 4.69) is 0 Å². The molecule has 102 valence electrons. The fourth-order valence-electron chi connectivity index (χ4n) is 0.714. The Balaban J connectivity index is -0.000000392. The van der Waals surface area contributed by atoms with E-state index in [1.165, 1.54) is 0 Å². The Labute approximate surface area is 124 Å². The van der Waals surface area contributed by atoms with E-state index < -0.39 is 45.0 Å². The summed E-state index contributed by atoms with van der Waals surface area (Å²) in [6, 6.07) is 0. The Kier molecular flexibility index (Phi) is 13.4. The summed E-state index contributed by atoms with van der Waals surface area (Å²) < 4.78 is 0. The zero-order valence-electron chi connectivity index (χ0n) is 8.22. The molecule has 7 N–H and O–H groups in total. The van der Waals surface area contributed by atoms with Crippen molar-refractivity contribution in [3.05, 3.63) is 0 Å². The van der Waals surface area contributed by atoms with Crippen LogP contribution in [0.3, 0.4) is 0 Å². The molecule has 0 radical (unpaired) electrons. The molecule has 0 aliphatic rings. The van der Waals surface area contributed by atoms with Crippen molar-refractivity contribution in [1.29, 1.82) is 0 Å². The summed E-state index contributed by atoms with van der Waals surface area (Å²) in [5.41, 5.74) is -2.74. The van der Waals surface area contributed by atoms with E-state index in [1.54, 1.807) is 0 Å². The van der Waals surface area contributed by atoms with Gasteiger partial charge in [-0.3, -0.25) is 9.59 Å². The fraction of sp³-hybridized carbons (Fsp3) is 0.500. The minimum absolute atomic E-state index is 0. The van der Waals surface area contributed by atoms with Gasteiger partial charge >= 0.3 is 56.1 Å². The topological polar surface area (TPSA) is 193 Å². The molecule has 0 heterocycles. The van der Waals surface area contributed by atoms with Gasteiger partial charge in [0.05, 0.1) is 12.8 Å². The summed E-state index contributed by atoms with van der Waals surface area (Å²) in [5.74, 6) is -5.02. The van der Waals surface area contributed by atoms with E-state index >= 15 is 0 Å². The predicted octanol–water partition coefficient (Wildman–Crippen LogP) is -2.71. The maximum absolute atomic E-state index is 10.3. The van der Waals surface area contributed by atoms with Gasteiger partial charge in [-0.15, -0.1) is 0 Å². The molecule has 12 heteroatoms. The van der Waals surface area contributed by atoms with Gasteiger partial charge in [0, 0.05) is 0 Å². The van der Waals surface area contributed by atoms with Crippen LogP contribution in [0.2, 0.25) is 0 Å². The second-order valence-electron chi connectivity index (χ2n) is 2.75. The van der Waals surface area contributed by atoms with Crippen LogP contribution in [0.1, 0.15) is 12.8 Å². The van der Waals surface area contributed by atoms with Crippen LogP contribution in [0.15, 0.2) is 0 Å². The van der Waals surface area contributed by atoms with Crippen molar-refractivity contribution in [1.82, 2.24) is 0 Å². The Hall–Kier alpha value is -0.320. The SMILES string of the molecule is O=C(O)CC(O)(CC(=O)O)C(=O)O.OP(O)O.[NaH]. The molecule has 0 fully saturated rings. The molecular formula is C6H12NaO10P. The average molecular weight is 298 g/mol. The van der Waals surface area contributed by atoms with E-state index in [9.17, 15) is 14.4 Å². The summed E-state index contributed by atoms with van der Waals surface area (Å²) in [7, 11) is -2.62. The van der Waals surface area contributed by atoms with Crippen molar-refractivity contribution in [3.8, 4) is 0 Å². The number of hydrogen-bond acceptors (Lipinski definition) is 7. The van der Waals surface area contributed by atoms with Crippen LogP contribution in [-0.2, 0) is 14.4 Å². The number of rotatable bonds is 5. The summed E-state index contributed by atoms with van der Waals surface area (Å²) >= 11 is 0. The summed E-state index contributed by atoms with van der Waals surface area (Å²) in [6.45, 7) is 0. The first-order valence-corrected chi connectivity index (χ1v) is 4.97. The van der Waals surface area contributed by atoms with Gasteiger partial charge < -0.3 is 35.1 Å². The molecule has 0 aliphatic carbocycles. The van der Waals surface area contributed by atoms with Crippen LogP contribution < -0.4 is 0 Å². The molecule has 0 amide bonds. The number of carboxylic acids is 3. The third-order valence-electron chi connectivity index (χ3n) is 1.29. The van der Waals surface area contributed by atoms with Crippen molar-refractivity contribution >= 4 is 56.1 Å². The van der Waals surface area contributed by atoms with Crippen molar-refractivity contribution in [2.75, 3.05) is 0 Å². The van der Waals surface area contributed by atoms with Crippen LogP contribution >= 0.6 is 8.60 Å². The molecule has 0 aromatic rings. The maximum atomic E-state index is 10.3. The number of aliphatic hydroxyl groups is 1. The van der Waals surface area contributed by atoms with Gasteiger partial charge in [-0.25, -0.2) is 4.79 Å². The van der Waals surface area contributed by atoms with Gasteiger partial charge in [-0.2, -0.15) is 0 Å². The zero-order chi connectivity index (χ0) is 14.2. The molecule has 0 atom stereocenters. The van der Waals surface area contributed by atoms with Gasteiger partial charge in [0.2, 0.25) is 0 Å². The standard InChI is InChI=1S/C6H8O7.Na.H3O3P.H/c7-3(8)1-6(13,5(11)12)2-4(9)10;;1-4(2)3;/h13H,1-2H2,(H,7,8)(H,9,10)(H,11,12);;1-3H;. The first kappa shape index (κ1) is 22.8. The quantitative estimate of drug-likeness (QED) is 0.207. The molecule has 0 rings (SSSR count). The number of aliphatic carboxylic acids is 3. The molecule has 18 heavy (non-hydrogen) atoms. The number of hydrogen-bond donors (Lipinski definition) is 7. The van der Waals surface area contributed by atoms with Gasteiger partial charge in [0.1, 0.15) is 0 Å². The van der Waals surface area contributed by atoms with Crippen molar-refractivity contribution in [2.24, 2.45) is 0 Å². The first-order valence-electron chi connectivity index (χ1n) is 3.77. The molecule has 0 aliphatic heterocycles. The predicted molar refractivity (Wildman–Crippen MR) is 57.8 cm³/mol. The molecule has 10 nitrogen and oxygen atoms in total. The second kappa shape index (κ2) is 10.6. The molecule has 0 bridgehead atoms. The molecule has 0 aromatic heterocycles. The summed E-state index contributed by atoms with van der Waals surface area (Å²) in [6.07, 6.45) is -2.29. The molecule has 0 aromatic carbocycles. The van der Waals surface area contributed by atoms with E-state index in [4.69, 9.17) is 35.1 Å². The van der Waals surface area contributed by atoms with E-state index in [0.717, 1.165) is 0 Å². The normalized spacial score (nSPS) is 9.83. The Morgan fingerprint density at radius 2 is 1.11 bits per heavy atom. The first-order chi connectivity index (χ1) is 7.51. The van der Waals surface area contributed by atoms with Gasteiger partial charge in [-0.1, -0.05) is 0 Å². The van der Waals surface area contributed by atoms with Crippen LogP contribution in [0, 0.1) is 0 Å². The molecular weight excluding hydrogens is 286 g/mol. The van der Waals surface area contributed by atoms with Crippen LogP contribution in [0.25, 0.3) is 0 Å². The Morgan fingerprint density at radius 1 is 0.889 bits per heavy atom. The van der Waals surface area contributed by atoms with Crippen LogP contribution in [0.4, 0.5) is 0 Å². The van der Waals surface area contributed by atoms with Crippen LogP contribution in [-0.4, -0.2) is 88.2 Å². The third kappa shape index (κ3) is 13.7. The van der Waals surface area contributed by atoms with Gasteiger partial charge in [-0.05, 0) is 0 Å². The molecule has 0 saturated heterocycles. The van der Waals surface area contributed by atoms with E-state index in [1.807, 2.05) is 0 Å². The Morgan fingerprint density at radius 3 is 1.22 bits per heavy atom. The third-order valence-corrected chi connectivity index (χ3v) is 1.29. The van der Waals surface area contributed by atoms with Gasteiger partial charge in [0.25, 0.3) is 0 Å². The van der Waals surface area contributed by atoms with Crippen molar-refractivity contribution < 1.29 is 49.5 Å².